The smallest absolute Gasteiger partial charge is 0.419 e. The van der Waals surface area contributed by atoms with Gasteiger partial charge < -0.3 is 15.1 Å². The largest absolute Gasteiger partial charge is 0.493 e. The number of carbonyl (C=O) groups excluding carboxylic acids is 1. The fourth-order valence-corrected chi connectivity index (χ4v) is 3.16. The molecule has 1 amide bonds. The molecule has 7 nitrogen and oxygen atoms in total. The first kappa shape index (κ1) is 22.7. The van der Waals surface area contributed by atoms with Crippen LogP contribution in [0.2, 0.25) is 5.15 Å². The number of amides is 1. The van der Waals surface area contributed by atoms with E-state index in [0.29, 0.717) is 24.2 Å². The average molecular weight is 435 g/mol. The Morgan fingerprint density at radius 2 is 1.86 bits per heavy atom. The van der Waals surface area contributed by atoms with E-state index in [1.807, 2.05) is 13.8 Å². The number of rotatable bonds is 7. The highest BCUT2D eigenvalue weighted by atomic mass is 35.5. The molecule has 11 heteroatoms. The number of nitrogens with one attached hydrogen (secondary N) is 1. The van der Waals surface area contributed by atoms with Gasteiger partial charge in [0.1, 0.15) is 11.0 Å². The van der Waals surface area contributed by atoms with Crippen molar-refractivity contribution in [3.63, 3.8) is 0 Å². The van der Waals surface area contributed by atoms with Crippen LogP contribution < -0.4 is 5.43 Å². The molecule has 29 heavy (non-hydrogen) atoms. The van der Waals surface area contributed by atoms with Crippen molar-refractivity contribution in [2.24, 2.45) is 0 Å². The number of aromatic nitrogens is 2. The van der Waals surface area contributed by atoms with Crippen LogP contribution in [0.1, 0.15) is 37.0 Å². The molecule has 0 bridgehead atoms. The van der Waals surface area contributed by atoms with Crippen LogP contribution in [-0.2, 0) is 17.4 Å². The van der Waals surface area contributed by atoms with Crippen molar-refractivity contribution in [1.82, 2.24) is 14.6 Å². The number of aromatic hydroxyl groups is 2. The molecule has 0 aliphatic carbocycles. The standard InChI is InChI=1S/C18H22ClF3N4O3/c1-4-25(5-2)14(27)9-6-11-10(3)16(28)26(17(11)29)24-13-8-7-12(15(19)23-13)18(20,21)22/h7-8,28-29H,4-6,9H2,1-3H3,(H,23,24). The molecule has 0 aliphatic heterocycles. The van der Waals surface area contributed by atoms with Crippen molar-refractivity contribution in [3.05, 3.63) is 34.0 Å². The van der Waals surface area contributed by atoms with Crippen molar-refractivity contribution in [3.8, 4) is 11.8 Å². The molecule has 2 aromatic heterocycles. The van der Waals surface area contributed by atoms with Gasteiger partial charge in [0.2, 0.25) is 17.7 Å². The minimum Gasteiger partial charge on any atom is -0.493 e. The quantitative estimate of drug-likeness (QED) is 0.574. The van der Waals surface area contributed by atoms with E-state index >= 15 is 0 Å². The average Bonchev–Trinajstić information content (AvgIpc) is 2.83. The van der Waals surface area contributed by atoms with Gasteiger partial charge in [-0.15, -0.1) is 0 Å². The first-order valence-corrected chi connectivity index (χ1v) is 9.29. The third kappa shape index (κ3) is 4.87. The molecule has 0 spiro atoms. The Balaban J connectivity index is 2.24. The van der Waals surface area contributed by atoms with Crippen molar-refractivity contribution in [1.29, 1.82) is 0 Å². The number of hydrogen-bond donors (Lipinski definition) is 3. The molecule has 2 rings (SSSR count). The summed E-state index contributed by atoms with van der Waals surface area (Å²) in [6.45, 7) is 6.40. The van der Waals surface area contributed by atoms with Gasteiger partial charge in [-0.3, -0.25) is 10.2 Å². The predicted octanol–water partition coefficient (Wildman–Crippen LogP) is 3.95. The summed E-state index contributed by atoms with van der Waals surface area (Å²) in [5.41, 5.74) is 2.09. The Morgan fingerprint density at radius 3 is 2.38 bits per heavy atom. The van der Waals surface area contributed by atoms with Crippen LogP contribution in [0, 0.1) is 6.92 Å². The second-order valence-electron chi connectivity index (χ2n) is 6.30. The molecular formula is C18H22ClF3N4O3. The SMILES string of the molecule is CCN(CC)C(=O)CCc1c(C)c(O)n(Nc2ccc(C(F)(F)F)c(Cl)n2)c1O. The molecule has 2 aromatic rings. The molecule has 0 saturated heterocycles. The molecule has 160 valence electrons. The highest BCUT2D eigenvalue weighted by Crippen LogP contribution is 2.36. The molecular weight excluding hydrogens is 413 g/mol. The number of anilines is 1. The molecule has 0 radical (unpaired) electrons. The van der Waals surface area contributed by atoms with Gasteiger partial charge in [0, 0.05) is 30.6 Å². The Bertz CT molecular complexity index is 895. The Hall–Kier alpha value is -2.62. The first-order chi connectivity index (χ1) is 13.5. The van der Waals surface area contributed by atoms with Crippen molar-refractivity contribution < 1.29 is 28.2 Å². The summed E-state index contributed by atoms with van der Waals surface area (Å²) in [7, 11) is 0. The van der Waals surface area contributed by atoms with Gasteiger partial charge in [0.25, 0.3) is 0 Å². The molecule has 0 fully saturated rings. The zero-order valence-corrected chi connectivity index (χ0v) is 16.9. The molecule has 0 aliphatic rings. The number of nitrogens with zero attached hydrogens (tertiary/aromatic N) is 3. The Labute approximate surface area is 170 Å². The summed E-state index contributed by atoms with van der Waals surface area (Å²) in [5, 5.41) is 20.0. The summed E-state index contributed by atoms with van der Waals surface area (Å²) in [5.74, 6) is -0.935. The van der Waals surface area contributed by atoms with Crippen LogP contribution in [0.3, 0.4) is 0 Å². The lowest BCUT2D eigenvalue weighted by Crippen LogP contribution is -2.30. The monoisotopic (exact) mass is 434 g/mol. The number of hydrogen-bond acceptors (Lipinski definition) is 5. The van der Waals surface area contributed by atoms with Crippen LogP contribution in [0.4, 0.5) is 19.0 Å². The van der Waals surface area contributed by atoms with Crippen LogP contribution in [0.5, 0.6) is 11.8 Å². The first-order valence-electron chi connectivity index (χ1n) is 8.91. The van der Waals surface area contributed by atoms with Gasteiger partial charge in [0.05, 0.1) is 5.56 Å². The van der Waals surface area contributed by atoms with E-state index in [9.17, 15) is 28.2 Å². The van der Waals surface area contributed by atoms with Crippen LogP contribution in [0.15, 0.2) is 12.1 Å². The van der Waals surface area contributed by atoms with E-state index in [1.54, 1.807) is 11.8 Å². The topological polar surface area (TPSA) is 90.6 Å². The van der Waals surface area contributed by atoms with Crippen molar-refractivity contribution in [2.45, 2.75) is 39.8 Å². The number of carbonyl (C=O) groups is 1. The van der Waals surface area contributed by atoms with E-state index in [-0.39, 0.29) is 36.3 Å². The maximum Gasteiger partial charge on any atom is 0.419 e. The zero-order chi connectivity index (χ0) is 21.9. The van der Waals surface area contributed by atoms with Crippen LogP contribution in [-0.4, -0.2) is 43.8 Å². The summed E-state index contributed by atoms with van der Waals surface area (Å²) in [6.07, 6.45) is -4.35. The second kappa shape index (κ2) is 8.81. The molecule has 0 atom stereocenters. The molecule has 2 heterocycles. The van der Waals surface area contributed by atoms with Gasteiger partial charge in [-0.05, 0) is 39.3 Å². The Kier molecular flexibility index (Phi) is 6.89. The minimum atomic E-state index is -4.65. The van der Waals surface area contributed by atoms with Crippen molar-refractivity contribution in [2.75, 3.05) is 18.5 Å². The lowest BCUT2D eigenvalue weighted by molar-refractivity contribution is -0.137. The maximum atomic E-state index is 12.8. The van der Waals surface area contributed by atoms with E-state index in [2.05, 4.69) is 10.4 Å². The normalized spacial score (nSPS) is 11.6. The third-order valence-corrected chi connectivity index (χ3v) is 4.86. The van der Waals surface area contributed by atoms with Crippen LogP contribution >= 0.6 is 11.6 Å². The zero-order valence-electron chi connectivity index (χ0n) is 16.1. The molecule has 3 N–H and O–H groups in total. The van der Waals surface area contributed by atoms with E-state index in [1.165, 1.54) is 0 Å². The summed E-state index contributed by atoms with van der Waals surface area (Å²) < 4.78 is 39.2. The molecule has 0 saturated carbocycles. The van der Waals surface area contributed by atoms with Gasteiger partial charge >= 0.3 is 6.18 Å². The number of alkyl halides is 3. The van der Waals surface area contributed by atoms with Gasteiger partial charge in [-0.2, -0.15) is 17.8 Å². The lowest BCUT2D eigenvalue weighted by atomic mass is 10.1. The van der Waals surface area contributed by atoms with E-state index < -0.39 is 16.9 Å². The molecule has 0 unspecified atom stereocenters. The number of halogens is 4. The second-order valence-corrected chi connectivity index (χ2v) is 6.65. The Morgan fingerprint density at radius 1 is 1.24 bits per heavy atom. The maximum absolute atomic E-state index is 12.8. The van der Waals surface area contributed by atoms with E-state index in [4.69, 9.17) is 11.6 Å². The third-order valence-electron chi connectivity index (χ3n) is 4.57. The van der Waals surface area contributed by atoms with Gasteiger partial charge in [-0.25, -0.2) is 4.98 Å². The van der Waals surface area contributed by atoms with E-state index in [0.717, 1.165) is 16.8 Å². The van der Waals surface area contributed by atoms with Crippen molar-refractivity contribution >= 4 is 23.3 Å². The van der Waals surface area contributed by atoms with Gasteiger partial charge in [-0.1, -0.05) is 11.6 Å². The van der Waals surface area contributed by atoms with Crippen LogP contribution in [0.25, 0.3) is 0 Å². The number of pyridine rings is 1. The highest BCUT2D eigenvalue weighted by Gasteiger charge is 2.34. The minimum absolute atomic E-state index is 0.0924. The summed E-state index contributed by atoms with van der Waals surface area (Å²) in [4.78, 5) is 17.4. The fraction of sp³-hybridized carbons (Fsp3) is 0.444. The highest BCUT2D eigenvalue weighted by molar-refractivity contribution is 6.30. The summed E-state index contributed by atoms with van der Waals surface area (Å²) >= 11 is 5.59. The predicted molar refractivity (Wildman–Crippen MR) is 102 cm³/mol. The van der Waals surface area contributed by atoms with Gasteiger partial charge in [0.15, 0.2) is 0 Å². The lowest BCUT2D eigenvalue weighted by Gasteiger charge is -2.18. The fourth-order valence-electron chi connectivity index (χ4n) is 2.90. The molecule has 0 aromatic carbocycles. The summed E-state index contributed by atoms with van der Waals surface area (Å²) in [6, 6.07) is 1.76.